The van der Waals surface area contributed by atoms with Gasteiger partial charge >= 0.3 is 0 Å². The van der Waals surface area contributed by atoms with Gasteiger partial charge in [-0.15, -0.1) is 0 Å². The molecule has 0 bridgehead atoms. The van der Waals surface area contributed by atoms with Gasteiger partial charge < -0.3 is 24.5 Å². The Morgan fingerprint density at radius 2 is 1.85 bits per heavy atom. The molecule has 3 aliphatic rings. The highest BCUT2D eigenvalue weighted by molar-refractivity contribution is 5.92. The van der Waals surface area contributed by atoms with E-state index in [-0.39, 0.29) is 5.91 Å². The minimum atomic E-state index is -0.947. The summed E-state index contributed by atoms with van der Waals surface area (Å²) in [6.45, 7) is 6.13. The first-order chi connectivity index (χ1) is 13.1. The lowest BCUT2D eigenvalue weighted by Gasteiger charge is -2.34. The third-order valence-corrected chi connectivity index (χ3v) is 5.64. The molecule has 1 aromatic rings. The number of rotatable bonds is 4. The van der Waals surface area contributed by atoms with Gasteiger partial charge in [0.25, 0.3) is 5.91 Å². The minimum absolute atomic E-state index is 0.0553. The highest BCUT2D eigenvalue weighted by Gasteiger charge is 2.36. The molecule has 1 atom stereocenters. The zero-order chi connectivity index (χ0) is 18.7. The molecule has 148 valence electrons. The van der Waals surface area contributed by atoms with Crippen molar-refractivity contribution < 1.29 is 14.6 Å². The van der Waals surface area contributed by atoms with Crippen LogP contribution in [0.1, 0.15) is 36.2 Å². The lowest BCUT2D eigenvalue weighted by atomic mass is 10.0. The van der Waals surface area contributed by atoms with Crippen LogP contribution >= 0.6 is 0 Å². The molecular formula is C19H29N5O3. The molecule has 0 unspecified atom stereocenters. The third kappa shape index (κ3) is 4.39. The number of hydrogen-bond acceptors (Lipinski definition) is 7. The summed E-state index contributed by atoms with van der Waals surface area (Å²) in [6.07, 6.45) is 7.68. The largest absolute Gasteiger partial charge is 0.384 e. The van der Waals surface area contributed by atoms with Gasteiger partial charge in [0.1, 0.15) is 17.1 Å². The fraction of sp³-hybridized carbons (Fsp3) is 0.737. The van der Waals surface area contributed by atoms with Crippen LogP contribution in [-0.4, -0.2) is 95.4 Å². The molecule has 1 amide bonds. The van der Waals surface area contributed by atoms with E-state index in [0.717, 1.165) is 39.0 Å². The molecule has 8 nitrogen and oxygen atoms in total. The highest BCUT2D eigenvalue weighted by Crippen LogP contribution is 2.21. The number of anilines is 1. The summed E-state index contributed by atoms with van der Waals surface area (Å²) >= 11 is 0. The number of carbonyl (C=O) groups is 1. The van der Waals surface area contributed by atoms with Gasteiger partial charge in [-0.2, -0.15) is 0 Å². The van der Waals surface area contributed by atoms with Crippen molar-refractivity contribution in [2.45, 2.75) is 31.3 Å². The predicted octanol–water partition coefficient (Wildman–Crippen LogP) is 0.376. The van der Waals surface area contributed by atoms with Crippen molar-refractivity contribution in [2.24, 2.45) is 0 Å². The van der Waals surface area contributed by atoms with Gasteiger partial charge in [0.05, 0.1) is 32.2 Å². The normalized spacial score (nSPS) is 27.1. The van der Waals surface area contributed by atoms with E-state index in [4.69, 9.17) is 4.74 Å². The Labute approximate surface area is 160 Å². The van der Waals surface area contributed by atoms with Gasteiger partial charge in [0.2, 0.25) is 0 Å². The molecule has 4 heterocycles. The second-order valence-corrected chi connectivity index (χ2v) is 7.94. The second-order valence-electron chi connectivity index (χ2n) is 7.94. The zero-order valence-electron chi connectivity index (χ0n) is 15.8. The summed E-state index contributed by atoms with van der Waals surface area (Å²) in [5.74, 6) is 0.575. The Bertz CT molecular complexity index is 661. The number of aromatic nitrogens is 2. The van der Waals surface area contributed by atoms with Crippen molar-refractivity contribution in [3.05, 3.63) is 18.1 Å². The maximum atomic E-state index is 12.6. The van der Waals surface area contributed by atoms with Crippen LogP contribution in [0, 0.1) is 0 Å². The van der Waals surface area contributed by atoms with Crippen molar-refractivity contribution in [1.82, 2.24) is 19.8 Å². The summed E-state index contributed by atoms with van der Waals surface area (Å²) in [5.41, 5.74) is -0.569. The fourth-order valence-electron chi connectivity index (χ4n) is 4.26. The van der Waals surface area contributed by atoms with E-state index >= 15 is 0 Å². The molecule has 0 spiro atoms. The first kappa shape index (κ1) is 18.6. The average molecular weight is 375 g/mol. The van der Waals surface area contributed by atoms with E-state index in [0.29, 0.717) is 44.4 Å². The van der Waals surface area contributed by atoms with Crippen LogP contribution in [0.4, 0.5) is 5.82 Å². The van der Waals surface area contributed by atoms with E-state index in [2.05, 4.69) is 14.9 Å². The van der Waals surface area contributed by atoms with Crippen molar-refractivity contribution >= 4 is 11.7 Å². The average Bonchev–Trinajstić information content (AvgIpc) is 3.35. The van der Waals surface area contributed by atoms with Crippen LogP contribution < -0.4 is 4.90 Å². The minimum Gasteiger partial charge on any atom is -0.384 e. The van der Waals surface area contributed by atoms with E-state index in [9.17, 15) is 9.90 Å². The summed E-state index contributed by atoms with van der Waals surface area (Å²) in [7, 11) is 0. The van der Waals surface area contributed by atoms with Gasteiger partial charge in [-0.25, -0.2) is 4.98 Å². The van der Waals surface area contributed by atoms with E-state index in [1.807, 2.05) is 9.80 Å². The quantitative estimate of drug-likeness (QED) is 0.814. The molecule has 0 aliphatic carbocycles. The Hall–Kier alpha value is -1.77. The monoisotopic (exact) mass is 375 g/mol. The van der Waals surface area contributed by atoms with Crippen LogP contribution in [0.3, 0.4) is 0 Å². The van der Waals surface area contributed by atoms with Crippen LogP contribution in [0.2, 0.25) is 0 Å². The van der Waals surface area contributed by atoms with Crippen molar-refractivity contribution in [1.29, 1.82) is 0 Å². The van der Waals surface area contributed by atoms with Crippen LogP contribution in [0.5, 0.6) is 0 Å². The Kier molecular flexibility index (Phi) is 5.56. The molecule has 1 aromatic heterocycles. The summed E-state index contributed by atoms with van der Waals surface area (Å²) in [4.78, 5) is 27.6. The number of likely N-dealkylation sites (tertiary alicyclic amines) is 2. The first-order valence-corrected chi connectivity index (χ1v) is 10.0. The number of ether oxygens (including phenoxy) is 1. The topological polar surface area (TPSA) is 82.0 Å². The van der Waals surface area contributed by atoms with E-state index in [1.165, 1.54) is 19.0 Å². The Balaban J connectivity index is 1.49. The smallest absolute Gasteiger partial charge is 0.274 e. The van der Waals surface area contributed by atoms with Crippen LogP contribution in [-0.2, 0) is 4.74 Å². The molecule has 1 N–H and O–H groups in total. The zero-order valence-corrected chi connectivity index (χ0v) is 15.8. The molecule has 3 saturated heterocycles. The van der Waals surface area contributed by atoms with Gasteiger partial charge in [0, 0.05) is 26.2 Å². The van der Waals surface area contributed by atoms with Crippen LogP contribution in [0.15, 0.2) is 12.4 Å². The molecule has 8 heteroatoms. The lowest BCUT2D eigenvalue weighted by molar-refractivity contribution is -0.0439. The number of amides is 1. The molecule has 0 saturated carbocycles. The molecule has 4 rings (SSSR count). The molecule has 0 radical (unpaired) electrons. The first-order valence-electron chi connectivity index (χ1n) is 10.0. The summed E-state index contributed by atoms with van der Waals surface area (Å²) in [5, 5.41) is 11.2. The summed E-state index contributed by atoms with van der Waals surface area (Å²) in [6, 6.07) is 0. The number of aliphatic hydroxyl groups is 1. The number of nitrogens with zero attached hydrogens (tertiary/aromatic N) is 5. The van der Waals surface area contributed by atoms with Gasteiger partial charge in [-0.3, -0.25) is 9.78 Å². The Morgan fingerprint density at radius 3 is 2.63 bits per heavy atom. The number of hydrogen-bond donors (Lipinski definition) is 1. The van der Waals surface area contributed by atoms with Crippen LogP contribution in [0.25, 0.3) is 0 Å². The standard InChI is InChI=1S/C19H29N5O3/c25-18(23-7-3-4-8-23)16-11-20-12-17(21-16)24-9-10-27-15-19(26,14-24)13-22-5-1-2-6-22/h11-12,26H,1-10,13-15H2/t19-/m0/s1. The van der Waals surface area contributed by atoms with E-state index in [1.54, 1.807) is 6.20 Å². The number of carbonyl (C=O) groups excluding carboxylic acids is 1. The highest BCUT2D eigenvalue weighted by atomic mass is 16.5. The molecule has 3 fully saturated rings. The maximum absolute atomic E-state index is 12.6. The van der Waals surface area contributed by atoms with Crippen molar-refractivity contribution in [2.75, 3.05) is 63.9 Å². The van der Waals surface area contributed by atoms with E-state index < -0.39 is 5.60 Å². The van der Waals surface area contributed by atoms with Gasteiger partial charge in [-0.05, 0) is 38.8 Å². The lowest BCUT2D eigenvalue weighted by Crippen LogP contribution is -2.52. The molecule has 27 heavy (non-hydrogen) atoms. The second kappa shape index (κ2) is 8.08. The predicted molar refractivity (Wildman–Crippen MR) is 101 cm³/mol. The molecular weight excluding hydrogens is 346 g/mol. The fourth-order valence-corrected chi connectivity index (χ4v) is 4.26. The molecule has 3 aliphatic heterocycles. The third-order valence-electron chi connectivity index (χ3n) is 5.64. The Morgan fingerprint density at radius 1 is 1.11 bits per heavy atom. The number of β-amino-alcohol motifs (C(OH)–C–C–N with tert-alkyl or cyclic N) is 1. The maximum Gasteiger partial charge on any atom is 0.274 e. The van der Waals surface area contributed by atoms with Gasteiger partial charge in [0.15, 0.2) is 0 Å². The molecule has 0 aromatic carbocycles. The van der Waals surface area contributed by atoms with Crippen molar-refractivity contribution in [3.63, 3.8) is 0 Å². The SMILES string of the molecule is O=C(c1cncc(N2CCOC[C@](O)(CN3CCCC3)C2)n1)N1CCCC1. The summed E-state index contributed by atoms with van der Waals surface area (Å²) < 4.78 is 5.69. The van der Waals surface area contributed by atoms with Gasteiger partial charge in [-0.1, -0.05) is 0 Å². The van der Waals surface area contributed by atoms with Crippen molar-refractivity contribution in [3.8, 4) is 0 Å².